The summed E-state index contributed by atoms with van der Waals surface area (Å²) in [6.07, 6.45) is -0.888. The molecule has 2 aromatic carbocycles. The average Bonchev–Trinajstić information content (AvgIpc) is 3.45. The van der Waals surface area contributed by atoms with Gasteiger partial charge in [-0.05, 0) is 89.2 Å². The first-order valence-electron chi connectivity index (χ1n) is 18.7. The number of fused-ring (bicyclic) bond motifs is 2. The normalized spacial score (nSPS) is 23.5. The van der Waals surface area contributed by atoms with E-state index in [4.69, 9.17) is 18.9 Å². The van der Waals surface area contributed by atoms with Gasteiger partial charge in [0.1, 0.15) is 6.10 Å². The largest absolute Gasteiger partial charge is 0.481 e. The van der Waals surface area contributed by atoms with E-state index < -0.39 is 65.0 Å². The van der Waals surface area contributed by atoms with Crippen LogP contribution < -0.4 is 16.0 Å². The number of hydrogen-bond acceptors (Lipinski definition) is 11. The van der Waals surface area contributed by atoms with Crippen LogP contribution >= 0.6 is 0 Å². The lowest BCUT2D eigenvalue weighted by Gasteiger charge is -2.53. The zero-order chi connectivity index (χ0) is 40.8. The molecule has 2 amide bonds. The Kier molecular flexibility index (Phi) is 13.9. The van der Waals surface area contributed by atoms with Crippen molar-refractivity contribution in [1.29, 1.82) is 0 Å². The van der Waals surface area contributed by atoms with Gasteiger partial charge in [0.25, 0.3) is 0 Å². The molecule has 2 aliphatic rings. The SMILES string of the molecule is CNCCNC(=O)CC(C)(C)NC(=O)CCCc1ccc(Cc2cc([C@]34OC[C@](C(C)(C)O)(O3)[C@@H](OC(C)=O)[C@H](CC(=O)O)[C@H]4OC(C)=O)ccc2C)cc1. The molecule has 302 valence electrons. The maximum absolute atomic E-state index is 12.7. The highest BCUT2D eigenvalue weighted by Gasteiger charge is 2.74. The molecule has 2 fully saturated rings. The van der Waals surface area contributed by atoms with Gasteiger partial charge in [0.2, 0.25) is 17.6 Å². The monoisotopic (exact) mass is 767 g/mol. The van der Waals surface area contributed by atoms with Crippen molar-refractivity contribution in [3.05, 3.63) is 70.3 Å². The number of esters is 2. The van der Waals surface area contributed by atoms with E-state index >= 15 is 0 Å². The van der Waals surface area contributed by atoms with E-state index in [1.165, 1.54) is 27.7 Å². The number of aryl methyl sites for hydroxylation is 2. The molecule has 0 saturated carbocycles. The van der Waals surface area contributed by atoms with Crippen LogP contribution in [0.15, 0.2) is 42.5 Å². The molecular formula is C41H57N3O11. The van der Waals surface area contributed by atoms with Gasteiger partial charge in [0, 0.05) is 50.9 Å². The van der Waals surface area contributed by atoms with Gasteiger partial charge < -0.3 is 45.1 Å². The Labute approximate surface area is 323 Å². The van der Waals surface area contributed by atoms with Gasteiger partial charge >= 0.3 is 17.9 Å². The number of hydrogen-bond donors (Lipinski definition) is 5. The molecule has 5 N–H and O–H groups in total. The minimum Gasteiger partial charge on any atom is -0.481 e. The number of carboxylic acid groups (broad SMARTS) is 1. The molecule has 2 bridgehead atoms. The third-order valence-electron chi connectivity index (χ3n) is 10.3. The fraction of sp³-hybridized carbons (Fsp3) is 0.585. The molecule has 0 radical (unpaired) electrons. The van der Waals surface area contributed by atoms with Crippen LogP contribution in [0.4, 0.5) is 0 Å². The second-order valence-electron chi connectivity index (χ2n) is 15.9. The van der Waals surface area contributed by atoms with Crippen LogP contribution in [0.2, 0.25) is 0 Å². The van der Waals surface area contributed by atoms with E-state index in [9.17, 15) is 34.2 Å². The number of carboxylic acids is 1. The molecule has 0 aliphatic carbocycles. The average molecular weight is 768 g/mol. The highest BCUT2D eigenvalue weighted by Crippen LogP contribution is 2.57. The van der Waals surface area contributed by atoms with Crippen LogP contribution in [-0.4, -0.2) is 95.6 Å². The lowest BCUT2D eigenvalue weighted by atomic mass is 9.70. The van der Waals surface area contributed by atoms with Crippen molar-refractivity contribution in [1.82, 2.24) is 16.0 Å². The first-order chi connectivity index (χ1) is 25.7. The summed E-state index contributed by atoms with van der Waals surface area (Å²) >= 11 is 0. The Bertz CT molecular complexity index is 1720. The number of benzene rings is 2. The van der Waals surface area contributed by atoms with Gasteiger partial charge in [-0.25, -0.2) is 0 Å². The standard InChI is InChI=1S/C41H57N3O11/c1-25-12-17-31(41-37(54-27(3)46)32(22-35(49)50)36(53-26(2)45)40(55-41,24-52-41)39(6,7)51)21-30(25)20-29-15-13-28(14-16-29)10-9-11-33(47)44-38(4,5)23-34(48)43-19-18-42-8/h12-17,21,32,36-37,42,51H,9-11,18-20,22-24H2,1-8H3,(H,43,48)(H,44,47)(H,49,50)/t32-,36-,37+,40-,41-/m0/s1. The van der Waals surface area contributed by atoms with Gasteiger partial charge in [-0.3, -0.25) is 24.0 Å². The number of aliphatic hydroxyl groups is 1. The molecule has 14 heteroatoms. The number of carbonyl (C=O) groups is 5. The number of carbonyl (C=O) groups excluding carboxylic acids is 4. The maximum atomic E-state index is 12.7. The number of amides is 2. The van der Waals surface area contributed by atoms with Crippen molar-refractivity contribution in [3.63, 3.8) is 0 Å². The summed E-state index contributed by atoms with van der Waals surface area (Å²) in [5, 5.41) is 30.3. The number of likely N-dealkylation sites (N-methyl/N-ethyl adjacent to an activating group) is 1. The van der Waals surface area contributed by atoms with Crippen molar-refractivity contribution in [3.8, 4) is 0 Å². The Morgan fingerprint density at radius 1 is 0.909 bits per heavy atom. The highest BCUT2D eigenvalue weighted by atomic mass is 16.8. The predicted molar refractivity (Wildman–Crippen MR) is 202 cm³/mol. The molecule has 0 unspecified atom stereocenters. The van der Waals surface area contributed by atoms with Crippen LogP contribution in [0.5, 0.6) is 0 Å². The van der Waals surface area contributed by atoms with Crippen LogP contribution in [0.25, 0.3) is 0 Å². The van der Waals surface area contributed by atoms with Crippen molar-refractivity contribution < 1.29 is 53.1 Å². The van der Waals surface area contributed by atoms with Crippen LogP contribution in [-0.2, 0) is 61.5 Å². The summed E-state index contributed by atoms with van der Waals surface area (Å²) in [5.41, 5.74) is 0.333. The summed E-state index contributed by atoms with van der Waals surface area (Å²) in [5.74, 6) is -5.85. The molecule has 2 heterocycles. The Balaban J connectivity index is 1.51. The van der Waals surface area contributed by atoms with E-state index in [1.807, 2.05) is 64.2 Å². The van der Waals surface area contributed by atoms with Gasteiger partial charge in [-0.2, -0.15) is 0 Å². The molecule has 5 atom stereocenters. The number of rotatable bonds is 18. The zero-order valence-corrected chi connectivity index (χ0v) is 33.2. The van der Waals surface area contributed by atoms with Crippen molar-refractivity contribution >= 4 is 29.7 Å². The van der Waals surface area contributed by atoms with Gasteiger partial charge in [-0.15, -0.1) is 0 Å². The molecule has 0 aromatic heterocycles. The first-order valence-corrected chi connectivity index (χ1v) is 18.7. The molecule has 4 rings (SSSR count). The van der Waals surface area contributed by atoms with Gasteiger partial charge in [-0.1, -0.05) is 36.4 Å². The minimum absolute atomic E-state index is 0.112. The smallest absolute Gasteiger partial charge is 0.303 e. The summed E-state index contributed by atoms with van der Waals surface area (Å²) < 4.78 is 24.5. The van der Waals surface area contributed by atoms with E-state index in [2.05, 4.69) is 16.0 Å². The topological polar surface area (TPSA) is 199 Å². The second kappa shape index (κ2) is 17.6. The number of nitrogens with one attached hydrogen (secondary N) is 3. The van der Waals surface area contributed by atoms with Crippen molar-refractivity contribution in [2.75, 3.05) is 26.7 Å². The maximum Gasteiger partial charge on any atom is 0.303 e. The Hall–Kier alpha value is -4.37. The minimum atomic E-state index is -1.82. The fourth-order valence-corrected chi connectivity index (χ4v) is 7.54. The van der Waals surface area contributed by atoms with Crippen molar-refractivity contribution in [2.45, 2.75) is 122 Å². The van der Waals surface area contributed by atoms with Crippen LogP contribution in [0.1, 0.15) is 95.0 Å². The van der Waals surface area contributed by atoms with E-state index in [1.54, 1.807) is 6.07 Å². The molecule has 0 spiro atoms. The van der Waals surface area contributed by atoms with Gasteiger partial charge in [0.05, 0.1) is 24.5 Å². The summed E-state index contributed by atoms with van der Waals surface area (Å²) in [6.45, 7) is 11.9. The van der Waals surface area contributed by atoms with Gasteiger partial charge in [0.15, 0.2) is 11.7 Å². The first kappa shape index (κ1) is 43.4. The van der Waals surface area contributed by atoms with Crippen molar-refractivity contribution in [2.24, 2.45) is 5.92 Å². The molecule has 55 heavy (non-hydrogen) atoms. The lowest BCUT2D eigenvalue weighted by Crippen LogP contribution is -2.70. The molecular weight excluding hydrogens is 710 g/mol. The number of aliphatic carboxylic acids is 1. The van der Waals surface area contributed by atoms with Crippen LogP contribution in [0.3, 0.4) is 0 Å². The zero-order valence-electron chi connectivity index (χ0n) is 33.2. The molecule has 14 nitrogen and oxygen atoms in total. The third kappa shape index (κ3) is 10.5. The summed E-state index contributed by atoms with van der Waals surface area (Å²) in [4.78, 5) is 62.0. The lowest BCUT2D eigenvalue weighted by molar-refractivity contribution is -0.341. The van der Waals surface area contributed by atoms with E-state index in [0.717, 1.165) is 22.3 Å². The highest BCUT2D eigenvalue weighted by molar-refractivity contribution is 5.80. The molecule has 2 aromatic rings. The van der Waals surface area contributed by atoms with E-state index in [0.29, 0.717) is 44.3 Å². The number of ether oxygens (including phenoxy) is 4. The quantitative estimate of drug-likeness (QED) is 0.110. The van der Waals surface area contributed by atoms with Crippen LogP contribution in [0, 0.1) is 12.8 Å². The van der Waals surface area contributed by atoms with E-state index in [-0.39, 0.29) is 24.8 Å². The molecule has 2 saturated heterocycles. The predicted octanol–water partition coefficient (Wildman–Crippen LogP) is 3.21. The second-order valence-corrected chi connectivity index (χ2v) is 15.9. The summed E-state index contributed by atoms with van der Waals surface area (Å²) in [6, 6.07) is 13.6. The summed E-state index contributed by atoms with van der Waals surface area (Å²) in [7, 11) is 1.81. The fourth-order valence-electron chi connectivity index (χ4n) is 7.54. The molecule has 2 aliphatic heterocycles. The third-order valence-corrected chi connectivity index (χ3v) is 10.3. The Morgan fingerprint density at radius 2 is 1.55 bits per heavy atom. The Morgan fingerprint density at radius 3 is 2.15 bits per heavy atom.